The summed E-state index contributed by atoms with van der Waals surface area (Å²) < 4.78 is 5.24. The molecule has 6 heteroatoms. The number of carbonyl (C=O) groups excluding carboxylic acids is 1. The highest BCUT2D eigenvalue weighted by Gasteiger charge is 2.14. The minimum atomic E-state index is -0.0621. The van der Waals surface area contributed by atoms with Gasteiger partial charge in [0.15, 0.2) is 5.13 Å². The molecule has 0 atom stereocenters. The third kappa shape index (κ3) is 3.21. The number of amides is 1. The number of carbonyl (C=O) groups is 1. The first-order chi connectivity index (χ1) is 12.2. The highest BCUT2D eigenvalue weighted by Crippen LogP contribution is 2.33. The first-order valence-electron chi connectivity index (χ1n) is 8.06. The number of aromatic amines is 1. The van der Waals surface area contributed by atoms with Gasteiger partial charge in [-0.15, -0.1) is 11.3 Å². The second kappa shape index (κ2) is 6.57. The van der Waals surface area contributed by atoms with E-state index in [0.29, 0.717) is 18.0 Å². The van der Waals surface area contributed by atoms with Crippen molar-refractivity contribution in [1.82, 2.24) is 9.97 Å². The van der Waals surface area contributed by atoms with E-state index in [9.17, 15) is 4.79 Å². The number of rotatable bonds is 5. The van der Waals surface area contributed by atoms with Gasteiger partial charge in [0.2, 0.25) is 5.91 Å². The molecule has 0 saturated heterocycles. The predicted octanol–water partition coefficient (Wildman–Crippen LogP) is 4.76. The van der Waals surface area contributed by atoms with Crippen molar-refractivity contribution in [2.75, 3.05) is 5.32 Å². The molecule has 0 spiro atoms. The van der Waals surface area contributed by atoms with Crippen LogP contribution in [-0.2, 0) is 11.2 Å². The zero-order valence-corrected chi connectivity index (χ0v) is 14.5. The number of thiazole rings is 1. The van der Waals surface area contributed by atoms with Gasteiger partial charge in [0, 0.05) is 40.4 Å². The number of benzene rings is 1. The maximum atomic E-state index is 12.1. The zero-order valence-electron chi connectivity index (χ0n) is 13.7. The van der Waals surface area contributed by atoms with Crippen LogP contribution in [0.5, 0.6) is 0 Å². The largest absolute Gasteiger partial charge is 0.469 e. The van der Waals surface area contributed by atoms with Crippen molar-refractivity contribution in [3.8, 4) is 11.3 Å². The molecule has 2 N–H and O–H groups in total. The Morgan fingerprint density at radius 1 is 1.28 bits per heavy atom. The third-order valence-corrected chi connectivity index (χ3v) is 4.84. The molecule has 0 radical (unpaired) electrons. The Morgan fingerprint density at radius 2 is 2.16 bits per heavy atom. The highest BCUT2D eigenvalue weighted by molar-refractivity contribution is 7.14. The number of hydrogen-bond acceptors (Lipinski definition) is 4. The Balaban J connectivity index is 1.50. The van der Waals surface area contributed by atoms with E-state index in [-0.39, 0.29) is 5.91 Å². The highest BCUT2D eigenvalue weighted by atomic mass is 32.1. The molecule has 0 saturated carbocycles. The summed E-state index contributed by atoms with van der Waals surface area (Å²) >= 11 is 1.44. The number of para-hydroxylation sites is 1. The summed E-state index contributed by atoms with van der Waals surface area (Å²) in [4.78, 5) is 20.1. The van der Waals surface area contributed by atoms with Crippen molar-refractivity contribution in [2.45, 2.75) is 19.8 Å². The van der Waals surface area contributed by atoms with Gasteiger partial charge in [-0.25, -0.2) is 4.98 Å². The van der Waals surface area contributed by atoms with Gasteiger partial charge in [0.1, 0.15) is 5.76 Å². The van der Waals surface area contributed by atoms with Crippen LogP contribution < -0.4 is 5.32 Å². The zero-order chi connectivity index (χ0) is 17.2. The lowest BCUT2D eigenvalue weighted by atomic mass is 10.1. The number of anilines is 1. The summed E-state index contributed by atoms with van der Waals surface area (Å²) in [5.41, 5.74) is 4.12. The van der Waals surface area contributed by atoms with E-state index in [1.807, 2.05) is 36.6 Å². The Hall–Kier alpha value is -2.86. The predicted molar refractivity (Wildman–Crippen MR) is 99.8 cm³/mol. The maximum Gasteiger partial charge on any atom is 0.226 e. The first kappa shape index (κ1) is 15.7. The van der Waals surface area contributed by atoms with E-state index in [4.69, 9.17) is 4.42 Å². The van der Waals surface area contributed by atoms with Gasteiger partial charge < -0.3 is 14.7 Å². The normalized spacial score (nSPS) is 11.1. The summed E-state index contributed by atoms with van der Waals surface area (Å²) in [6.07, 6.45) is 2.57. The molecule has 1 aromatic carbocycles. The minimum absolute atomic E-state index is 0.0621. The van der Waals surface area contributed by atoms with Crippen LogP contribution >= 0.6 is 11.3 Å². The molecular formula is C19H17N3O2S. The van der Waals surface area contributed by atoms with Gasteiger partial charge in [0.05, 0.1) is 12.0 Å². The summed E-state index contributed by atoms with van der Waals surface area (Å²) in [5.74, 6) is 0.748. The molecule has 1 amide bonds. The molecule has 0 fully saturated rings. The van der Waals surface area contributed by atoms with Gasteiger partial charge in [-0.2, -0.15) is 0 Å². The Labute approximate surface area is 148 Å². The van der Waals surface area contributed by atoms with Gasteiger partial charge >= 0.3 is 0 Å². The van der Waals surface area contributed by atoms with E-state index in [0.717, 1.165) is 33.6 Å². The monoisotopic (exact) mass is 351 g/mol. The standard InChI is InChI=1S/C19H17N3O2S/c1-12-18(14-6-2-3-7-15(14)20-12)16-11-25-19(21-16)22-17(23)9-8-13-5-4-10-24-13/h2-7,10-11,20H,8-9H2,1H3,(H,21,22,23). The van der Waals surface area contributed by atoms with Crippen LogP contribution in [0.15, 0.2) is 52.5 Å². The van der Waals surface area contributed by atoms with E-state index < -0.39 is 0 Å². The lowest BCUT2D eigenvalue weighted by Crippen LogP contribution is -2.11. The van der Waals surface area contributed by atoms with Crippen molar-refractivity contribution >= 4 is 33.3 Å². The molecule has 5 nitrogen and oxygen atoms in total. The fourth-order valence-electron chi connectivity index (χ4n) is 2.93. The van der Waals surface area contributed by atoms with E-state index in [1.165, 1.54) is 11.3 Å². The molecule has 4 rings (SSSR count). The minimum Gasteiger partial charge on any atom is -0.469 e. The van der Waals surface area contributed by atoms with Crippen LogP contribution in [0.25, 0.3) is 22.2 Å². The average Bonchev–Trinajstić information content (AvgIpc) is 3.32. The van der Waals surface area contributed by atoms with Gasteiger partial charge in [-0.05, 0) is 25.1 Å². The molecular weight excluding hydrogens is 334 g/mol. The summed E-state index contributed by atoms with van der Waals surface area (Å²) in [7, 11) is 0. The molecule has 126 valence electrons. The lowest BCUT2D eigenvalue weighted by molar-refractivity contribution is -0.116. The van der Waals surface area contributed by atoms with Crippen molar-refractivity contribution in [2.24, 2.45) is 0 Å². The van der Waals surface area contributed by atoms with Crippen molar-refractivity contribution in [3.05, 3.63) is 59.5 Å². The first-order valence-corrected chi connectivity index (χ1v) is 8.94. The molecule has 4 aromatic rings. The Bertz CT molecular complexity index is 1010. The molecule has 3 aromatic heterocycles. The smallest absolute Gasteiger partial charge is 0.226 e. The van der Waals surface area contributed by atoms with Gasteiger partial charge in [-0.3, -0.25) is 4.79 Å². The summed E-state index contributed by atoms with van der Waals surface area (Å²) in [5, 5.41) is 6.60. The molecule has 25 heavy (non-hydrogen) atoms. The lowest BCUT2D eigenvalue weighted by Gasteiger charge is -2.00. The van der Waals surface area contributed by atoms with Crippen LogP contribution in [0.2, 0.25) is 0 Å². The van der Waals surface area contributed by atoms with Crippen molar-refractivity contribution in [1.29, 1.82) is 0 Å². The number of aromatic nitrogens is 2. The topological polar surface area (TPSA) is 70.9 Å². The number of fused-ring (bicyclic) bond motifs is 1. The number of hydrogen-bond donors (Lipinski definition) is 2. The molecule has 0 aliphatic rings. The van der Waals surface area contributed by atoms with E-state index in [2.05, 4.69) is 27.4 Å². The van der Waals surface area contributed by atoms with Crippen molar-refractivity contribution in [3.63, 3.8) is 0 Å². The Morgan fingerprint density at radius 3 is 3.00 bits per heavy atom. The molecule has 3 heterocycles. The number of aryl methyl sites for hydroxylation is 2. The molecule has 0 bridgehead atoms. The van der Waals surface area contributed by atoms with Crippen LogP contribution in [-0.4, -0.2) is 15.9 Å². The second-order valence-corrected chi connectivity index (χ2v) is 6.69. The molecule has 0 unspecified atom stereocenters. The van der Waals surface area contributed by atoms with Crippen LogP contribution in [0.1, 0.15) is 17.9 Å². The van der Waals surface area contributed by atoms with Gasteiger partial charge in [-0.1, -0.05) is 18.2 Å². The third-order valence-electron chi connectivity index (χ3n) is 4.08. The molecule has 0 aliphatic carbocycles. The quantitative estimate of drug-likeness (QED) is 0.544. The maximum absolute atomic E-state index is 12.1. The second-order valence-electron chi connectivity index (χ2n) is 5.84. The van der Waals surface area contributed by atoms with Gasteiger partial charge in [0.25, 0.3) is 0 Å². The van der Waals surface area contributed by atoms with Crippen LogP contribution in [0.3, 0.4) is 0 Å². The number of nitrogens with one attached hydrogen (secondary N) is 2. The summed E-state index contributed by atoms with van der Waals surface area (Å²) in [6.45, 7) is 2.04. The van der Waals surface area contributed by atoms with Crippen LogP contribution in [0.4, 0.5) is 5.13 Å². The number of H-pyrrole nitrogens is 1. The molecule has 0 aliphatic heterocycles. The average molecular weight is 351 g/mol. The number of furan rings is 1. The SMILES string of the molecule is Cc1[nH]c2ccccc2c1-c1csc(NC(=O)CCc2ccco2)n1. The van der Waals surface area contributed by atoms with Crippen molar-refractivity contribution < 1.29 is 9.21 Å². The fourth-order valence-corrected chi connectivity index (χ4v) is 3.64. The Kier molecular flexibility index (Phi) is 4.11. The van der Waals surface area contributed by atoms with E-state index in [1.54, 1.807) is 6.26 Å². The van der Waals surface area contributed by atoms with Crippen LogP contribution in [0, 0.1) is 6.92 Å². The summed E-state index contributed by atoms with van der Waals surface area (Å²) in [6, 6.07) is 11.8. The van der Waals surface area contributed by atoms with E-state index >= 15 is 0 Å². The fraction of sp³-hybridized carbons (Fsp3) is 0.158. The number of nitrogens with zero attached hydrogens (tertiary/aromatic N) is 1.